The third-order valence-electron chi connectivity index (χ3n) is 12.9. The molecule has 0 amide bonds. The highest BCUT2D eigenvalue weighted by Gasteiger charge is 2.66. The largest absolute Gasteiger partial charge is 0.506 e. The standard InChI is InChI=1S/C43H47ClN4O3/c44-35-12-6-5-10-28(35)24-29-17-23-48-30(14-15-36(29)49)25-42-27-47-21-8-4-2-1-3-7-19-43(51,41(42)48)26-33(34(42)18-22-47)39-40-32(16-20-45-39)31-11-9-13-37(50)38(31)46-40/h1,3,5-6,9-13,16,20,24,26,30,34,41,46,50-51H,2,4,7-8,14-15,17-19,21-23,25,27H2/b3-1-,29-24-/t30-,34-,41+,42-,43-/m0/s1. The number of para-hydroxylation sites is 1. The number of fused-ring (bicyclic) bond motifs is 5. The number of nitrogens with one attached hydrogen (secondary N) is 1. The van der Waals surface area contributed by atoms with Crippen LogP contribution in [-0.4, -0.2) is 79.6 Å². The van der Waals surface area contributed by atoms with Crippen molar-refractivity contribution in [3.63, 3.8) is 0 Å². The number of aliphatic hydroxyl groups is 1. The molecular formula is C43H47ClN4O3. The van der Waals surface area contributed by atoms with Gasteiger partial charge in [0.1, 0.15) is 5.75 Å². The first-order valence-electron chi connectivity index (χ1n) is 19.0. The molecule has 7 nitrogen and oxygen atoms in total. The summed E-state index contributed by atoms with van der Waals surface area (Å²) in [5, 5.41) is 26.9. The maximum atomic E-state index is 13.7. The molecule has 3 N–H and O–H groups in total. The lowest BCUT2D eigenvalue weighted by Crippen LogP contribution is -2.65. The Hall–Kier alpha value is -3.75. The summed E-state index contributed by atoms with van der Waals surface area (Å²) >= 11 is 6.56. The fourth-order valence-corrected chi connectivity index (χ4v) is 11.0. The van der Waals surface area contributed by atoms with Gasteiger partial charge in [0.25, 0.3) is 0 Å². The van der Waals surface area contributed by atoms with Gasteiger partial charge in [-0.3, -0.25) is 14.7 Å². The van der Waals surface area contributed by atoms with Crippen LogP contribution < -0.4 is 0 Å². The molecule has 6 heterocycles. The van der Waals surface area contributed by atoms with Crippen LogP contribution in [0.2, 0.25) is 5.02 Å². The smallest absolute Gasteiger partial charge is 0.158 e. The van der Waals surface area contributed by atoms with Gasteiger partial charge in [-0.2, -0.15) is 0 Å². The van der Waals surface area contributed by atoms with Crippen LogP contribution >= 0.6 is 11.6 Å². The Balaban J connectivity index is 1.19. The molecule has 1 spiro atoms. The number of phenolic OH excluding ortho intramolecular Hbond substituents is 1. The summed E-state index contributed by atoms with van der Waals surface area (Å²) in [6.07, 6.45) is 19.4. The van der Waals surface area contributed by atoms with Crippen molar-refractivity contribution in [2.45, 2.75) is 81.9 Å². The number of phenols is 1. The first kappa shape index (κ1) is 33.1. The molecule has 9 rings (SSSR count). The van der Waals surface area contributed by atoms with E-state index in [2.05, 4.69) is 33.0 Å². The first-order chi connectivity index (χ1) is 24.8. The number of benzene rings is 2. The maximum Gasteiger partial charge on any atom is 0.158 e. The third kappa shape index (κ3) is 5.59. The van der Waals surface area contributed by atoms with E-state index >= 15 is 0 Å². The van der Waals surface area contributed by atoms with Gasteiger partial charge in [-0.05, 0) is 124 Å². The van der Waals surface area contributed by atoms with Crippen molar-refractivity contribution in [3.8, 4) is 5.75 Å². The summed E-state index contributed by atoms with van der Waals surface area (Å²) in [6, 6.07) is 15.5. The van der Waals surface area contributed by atoms with E-state index in [0.717, 1.165) is 102 Å². The molecule has 264 valence electrons. The average Bonchev–Trinajstić information content (AvgIpc) is 3.66. The molecule has 4 aromatic rings. The van der Waals surface area contributed by atoms with Crippen molar-refractivity contribution in [2.75, 3.05) is 26.2 Å². The van der Waals surface area contributed by atoms with Crippen LogP contribution in [-0.2, 0) is 4.79 Å². The number of aromatic amines is 1. The van der Waals surface area contributed by atoms with E-state index in [0.29, 0.717) is 24.3 Å². The number of aromatic nitrogens is 2. The lowest BCUT2D eigenvalue weighted by molar-refractivity contribution is -0.116. The molecular weight excluding hydrogens is 656 g/mol. The van der Waals surface area contributed by atoms with Crippen LogP contribution in [0, 0.1) is 11.3 Å². The minimum absolute atomic E-state index is 0.0820. The Morgan fingerprint density at radius 2 is 1.80 bits per heavy atom. The second-order valence-corrected chi connectivity index (χ2v) is 16.2. The molecule has 0 saturated carbocycles. The number of H-pyrrole nitrogens is 1. The Kier molecular flexibility index (Phi) is 8.46. The molecule has 2 aromatic heterocycles. The fraction of sp³-hybridized carbons (Fsp3) is 0.442. The number of carbonyl (C=O) groups excluding carboxylic acids is 1. The molecule has 3 saturated heterocycles. The van der Waals surface area contributed by atoms with E-state index in [9.17, 15) is 15.0 Å². The van der Waals surface area contributed by atoms with Crippen LogP contribution in [0.15, 0.2) is 78.5 Å². The summed E-state index contributed by atoms with van der Waals surface area (Å²) in [6.45, 7) is 3.74. The molecule has 5 aliphatic rings. The molecule has 2 aromatic carbocycles. The fourth-order valence-electron chi connectivity index (χ4n) is 10.8. The quantitative estimate of drug-likeness (QED) is 0.144. The normalized spacial score (nSPS) is 33.1. The zero-order valence-corrected chi connectivity index (χ0v) is 29.9. The monoisotopic (exact) mass is 702 g/mol. The number of hydrogen-bond acceptors (Lipinski definition) is 6. The van der Waals surface area contributed by atoms with E-state index in [1.165, 1.54) is 12.8 Å². The van der Waals surface area contributed by atoms with Gasteiger partial charge in [-0.1, -0.05) is 54.1 Å². The predicted octanol–water partition coefficient (Wildman–Crippen LogP) is 8.31. The molecule has 1 aliphatic carbocycles. The summed E-state index contributed by atoms with van der Waals surface area (Å²) < 4.78 is 0. The topological polar surface area (TPSA) is 92.7 Å². The van der Waals surface area contributed by atoms with Crippen LogP contribution in [0.25, 0.3) is 33.5 Å². The Labute approximate surface area is 304 Å². The predicted molar refractivity (Wildman–Crippen MR) is 205 cm³/mol. The van der Waals surface area contributed by atoms with Gasteiger partial charge in [0.15, 0.2) is 5.78 Å². The van der Waals surface area contributed by atoms with Gasteiger partial charge in [-0.25, -0.2) is 0 Å². The van der Waals surface area contributed by atoms with Crippen molar-refractivity contribution in [3.05, 3.63) is 94.8 Å². The van der Waals surface area contributed by atoms with Crippen LogP contribution in [0.1, 0.15) is 75.5 Å². The number of carbonyl (C=O) groups is 1. The molecule has 1 unspecified atom stereocenters. The van der Waals surface area contributed by atoms with Gasteiger partial charge in [0.05, 0.1) is 22.3 Å². The van der Waals surface area contributed by atoms with Crippen molar-refractivity contribution < 1.29 is 15.0 Å². The SMILES string of the molecule is O=C1CC[C@H]2C[C@]34CN5CCCC/C=C\CC[C@](O)(C=C(c6nccc7c6[nH]c6c(O)cccc67)[C@@H]3CC5)[C@@H]4N2CC/C1=C/c1ccccc1Cl. The number of pyridine rings is 1. The number of Topliss-reactive ketones (excluding diaryl/α,β-unsaturated/α-hetero) is 1. The molecule has 4 aliphatic heterocycles. The highest BCUT2D eigenvalue weighted by atomic mass is 35.5. The van der Waals surface area contributed by atoms with E-state index in [-0.39, 0.29) is 34.9 Å². The van der Waals surface area contributed by atoms with Gasteiger partial charge in [-0.15, -0.1) is 0 Å². The number of rotatable bonds is 2. The molecule has 3 bridgehead atoms. The minimum atomic E-state index is -1.10. The third-order valence-corrected chi connectivity index (χ3v) is 13.2. The molecule has 3 fully saturated rings. The number of piperidine rings is 1. The van der Waals surface area contributed by atoms with Crippen molar-refractivity contribution in [1.29, 1.82) is 0 Å². The Bertz CT molecular complexity index is 2100. The van der Waals surface area contributed by atoms with Crippen molar-refractivity contribution >= 4 is 50.8 Å². The van der Waals surface area contributed by atoms with Gasteiger partial charge in [0, 0.05) is 59.0 Å². The highest BCUT2D eigenvalue weighted by Crippen LogP contribution is 2.62. The molecule has 8 heteroatoms. The van der Waals surface area contributed by atoms with E-state index < -0.39 is 5.60 Å². The average molecular weight is 703 g/mol. The number of hydrogen-bond donors (Lipinski definition) is 3. The lowest BCUT2D eigenvalue weighted by atomic mass is 9.54. The molecule has 0 radical (unpaired) electrons. The highest BCUT2D eigenvalue weighted by molar-refractivity contribution is 6.32. The van der Waals surface area contributed by atoms with Gasteiger partial charge >= 0.3 is 0 Å². The van der Waals surface area contributed by atoms with Gasteiger partial charge < -0.3 is 20.1 Å². The number of allylic oxidation sites excluding steroid dienone is 3. The number of aromatic hydroxyl groups is 1. The number of halogens is 1. The van der Waals surface area contributed by atoms with E-state index in [1.807, 2.05) is 54.7 Å². The summed E-state index contributed by atoms with van der Waals surface area (Å²) in [7, 11) is 0. The maximum absolute atomic E-state index is 13.7. The minimum Gasteiger partial charge on any atom is -0.506 e. The van der Waals surface area contributed by atoms with Crippen LogP contribution in [0.5, 0.6) is 5.75 Å². The first-order valence-corrected chi connectivity index (χ1v) is 19.4. The van der Waals surface area contributed by atoms with E-state index in [4.69, 9.17) is 16.6 Å². The zero-order valence-electron chi connectivity index (χ0n) is 29.2. The summed E-state index contributed by atoms with van der Waals surface area (Å²) in [5.74, 6) is 0.631. The second kappa shape index (κ2) is 13.0. The summed E-state index contributed by atoms with van der Waals surface area (Å²) in [4.78, 5) is 27.7. The summed E-state index contributed by atoms with van der Waals surface area (Å²) in [5.41, 5.74) is 4.05. The Morgan fingerprint density at radius 3 is 2.71 bits per heavy atom. The Morgan fingerprint density at radius 1 is 0.941 bits per heavy atom. The van der Waals surface area contributed by atoms with Crippen LogP contribution in [0.3, 0.4) is 0 Å². The number of nitrogens with zero attached hydrogens (tertiary/aromatic N) is 3. The van der Waals surface area contributed by atoms with Crippen molar-refractivity contribution in [1.82, 2.24) is 19.8 Å². The molecule has 6 atom stereocenters. The van der Waals surface area contributed by atoms with Gasteiger partial charge in [0.2, 0.25) is 0 Å². The zero-order chi connectivity index (χ0) is 34.7. The van der Waals surface area contributed by atoms with E-state index in [1.54, 1.807) is 6.07 Å². The lowest BCUT2D eigenvalue weighted by Gasteiger charge is -2.58. The molecule has 51 heavy (non-hydrogen) atoms. The second-order valence-electron chi connectivity index (χ2n) is 15.8. The van der Waals surface area contributed by atoms with Crippen molar-refractivity contribution in [2.24, 2.45) is 11.3 Å². The number of ketones is 1. The van der Waals surface area contributed by atoms with Crippen LogP contribution in [0.4, 0.5) is 0 Å².